The minimum absolute atomic E-state index is 0.231. The van der Waals surface area contributed by atoms with E-state index >= 15 is 0 Å². The highest BCUT2D eigenvalue weighted by atomic mass is 79.9. The summed E-state index contributed by atoms with van der Waals surface area (Å²) >= 11 is 5.13. The molecule has 0 bridgehead atoms. The van der Waals surface area contributed by atoms with E-state index in [1.807, 2.05) is 37.3 Å². The van der Waals surface area contributed by atoms with E-state index in [0.29, 0.717) is 6.54 Å². The lowest BCUT2D eigenvalue weighted by molar-refractivity contribution is 0.210. The van der Waals surface area contributed by atoms with Gasteiger partial charge in [0.25, 0.3) is 0 Å². The molecule has 4 aromatic rings. The Balaban J connectivity index is 1.54. The van der Waals surface area contributed by atoms with Crippen molar-refractivity contribution < 1.29 is 4.74 Å². The maximum Gasteiger partial charge on any atom is 0.191 e. The fourth-order valence-electron chi connectivity index (χ4n) is 3.34. The Morgan fingerprint density at radius 3 is 2.63 bits per heavy atom. The Morgan fingerprint density at radius 1 is 1.07 bits per heavy atom. The molecule has 0 aliphatic rings. The van der Waals surface area contributed by atoms with Crippen molar-refractivity contribution in [2.75, 3.05) is 0 Å². The van der Waals surface area contributed by atoms with Gasteiger partial charge in [0.1, 0.15) is 5.75 Å². The average molecular weight is 480 g/mol. The van der Waals surface area contributed by atoms with Crippen LogP contribution >= 0.6 is 27.7 Å². The maximum atomic E-state index is 6.09. The van der Waals surface area contributed by atoms with E-state index in [1.54, 1.807) is 11.8 Å². The lowest BCUT2D eigenvalue weighted by Gasteiger charge is -2.16. The van der Waals surface area contributed by atoms with Gasteiger partial charge in [0, 0.05) is 16.8 Å². The van der Waals surface area contributed by atoms with Crippen LogP contribution in [-0.2, 0) is 12.3 Å². The molecule has 0 aliphatic carbocycles. The number of ether oxygens (including phenoxy) is 1. The van der Waals surface area contributed by atoms with Crippen molar-refractivity contribution in [2.45, 2.75) is 30.5 Å². The summed E-state index contributed by atoms with van der Waals surface area (Å²) in [6.45, 7) is 6.52. The van der Waals surface area contributed by atoms with Crippen LogP contribution in [0.5, 0.6) is 5.75 Å². The van der Waals surface area contributed by atoms with Gasteiger partial charge in [-0.15, -0.1) is 16.8 Å². The smallest absolute Gasteiger partial charge is 0.191 e. The molecule has 30 heavy (non-hydrogen) atoms. The van der Waals surface area contributed by atoms with Gasteiger partial charge in [0.15, 0.2) is 17.1 Å². The number of fused-ring (bicyclic) bond motifs is 1. The number of hydrogen-bond acceptors (Lipinski definition) is 4. The minimum atomic E-state index is -0.231. The van der Waals surface area contributed by atoms with Crippen molar-refractivity contribution in [3.8, 4) is 5.75 Å². The van der Waals surface area contributed by atoms with Crippen LogP contribution in [0.4, 0.5) is 0 Å². The summed E-state index contributed by atoms with van der Waals surface area (Å²) < 4.78 is 9.18. The largest absolute Gasteiger partial charge is 0.483 e. The Kier molecular flexibility index (Phi) is 6.55. The highest BCUT2D eigenvalue weighted by Crippen LogP contribution is 2.29. The molecule has 0 aliphatic heterocycles. The molecular weight excluding hydrogens is 458 g/mol. The zero-order valence-corrected chi connectivity index (χ0v) is 19.1. The van der Waals surface area contributed by atoms with Crippen molar-refractivity contribution in [3.05, 3.63) is 95.2 Å². The first-order valence-electron chi connectivity index (χ1n) is 9.71. The summed E-state index contributed by atoms with van der Waals surface area (Å²) in [5.41, 5.74) is 1.28. The standard InChI is InChI=1S/C24H22BrN3OS/c1-3-15-28-23(17(2)29-21-13-11-20(25)12-14-21)26-27-24(28)30-16-19-9-6-8-18-7-4-5-10-22(18)19/h3-14,17H,1,15-16H2,2H3. The van der Waals surface area contributed by atoms with Crippen LogP contribution in [0.2, 0.25) is 0 Å². The molecule has 0 saturated heterocycles. The fourth-order valence-corrected chi connectivity index (χ4v) is 4.56. The summed E-state index contributed by atoms with van der Waals surface area (Å²) in [4.78, 5) is 0. The van der Waals surface area contributed by atoms with Gasteiger partial charge in [-0.1, -0.05) is 76.2 Å². The predicted octanol–water partition coefficient (Wildman–Crippen LogP) is 6.81. The Morgan fingerprint density at radius 2 is 1.83 bits per heavy atom. The van der Waals surface area contributed by atoms with E-state index in [1.165, 1.54) is 16.3 Å². The van der Waals surface area contributed by atoms with Crippen molar-refractivity contribution in [3.63, 3.8) is 0 Å². The summed E-state index contributed by atoms with van der Waals surface area (Å²) in [7, 11) is 0. The van der Waals surface area contributed by atoms with Crippen LogP contribution in [0.1, 0.15) is 24.4 Å². The molecule has 1 atom stereocenters. The second-order valence-electron chi connectivity index (χ2n) is 6.88. The first-order chi connectivity index (χ1) is 14.7. The summed E-state index contributed by atoms with van der Waals surface area (Å²) in [6, 6.07) is 22.7. The van der Waals surface area contributed by atoms with Crippen LogP contribution in [0.15, 0.2) is 89.0 Å². The molecule has 0 spiro atoms. The number of halogens is 1. The number of nitrogens with zero attached hydrogens (tertiary/aromatic N) is 3. The summed E-state index contributed by atoms with van der Waals surface area (Å²) in [6.07, 6.45) is 1.63. The van der Waals surface area contributed by atoms with E-state index in [-0.39, 0.29) is 6.10 Å². The van der Waals surface area contributed by atoms with Gasteiger partial charge in [-0.3, -0.25) is 4.57 Å². The van der Waals surface area contributed by atoms with Crippen molar-refractivity contribution in [1.29, 1.82) is 0 Å². The third-order valence-corrected chi connectivity index (χ3v) is 6.33. The molecule has 1 aromatic heterocycles. The van der Waals surface area contributed by atoms with E-state index in [9.17, 15) is 0 Å². The quantitative estimate of drug-likeness (QED) is 0.205. The Bertz CT molecular complexity index is 1150. The molecular formula is C24H22BrN3OS. The van der Waals surface area contributed by atoms with E-state index in [2.05, 4.69) is 79.7 Å². The van der Waals surface area contributed by atoms with Crippen LogP contribution in [-0.4, -0.2) is 14.8 Å². The summed E-state index contributed by atoms with van der Waals surface area (Å²) in [5, 5.41) is 12.3. The van der Waals surface area contributed by atoms with Crippen LogP contribution in [0, 0.1) is 0 Å². The van der Waals surface area contributed by atoms with E-state index in [4.69, 9.17) is 4.74 Å². The Hall–Kier alpha value is -2.57. The van der Waals surface area contributed by atoms with Gasteiger partial charge in [-0.25, -0.2) is 0 Å². The van der Waals surface area contributed by atoms with Gasteiger partial charge in [0.2, 0.25) is 0 Å². The van der Waals surface area contributed by atoms with Gasteiger partial charge < -0.3 is 4.74 Å². The van der Waals surface area contributed by atoms with Gasteiger partial charge in [-0.2, -0.15) is 0 Å². The van der Waals surface area contributed by atoms with Crippen molar-refractivity contribution in [2.24, 2.45) is 0 Å². The summed E-state index contributed by atoms with van der Waals surface area (Å²) in [5.74, 6) is 2.40. The van der Waals surface area contributed by atoms with Crippen molar-refractivity contribution >= 4 is 38.5 Å². The normalized spacial score (nSPS) is 12.1. The molecule has 0 fully saturated rings. The predicted molar refractivity (Wildman–Crippen MR) is 127 cm³/mol. The third-order valence-electron chi connectivity index (χ3n) is 4.78. The molecule has 0 amide bonds. The molecule has 0 radical (unpaired) electrons. The minimum Gasteiger partial charge on any atom is -0.483 e. The Labute approximate surface area is 189 Å². The van der Waals surface area contributed by atoms with Crippen LogP contribution in [0.3, 0.4) is 0 Å². The number of aromatic nitrogens is 3. The highest BCUT2D eigenvalue weighted by molar-refractivity contribution is 9.10. The zero-order chi connectivity index (χ0) is 20.9. The topological polar surface area (TPSA) is 39.9 Å². The number of allylic oxidation sites excluding steroid dienone is 1. The molecule has 1 heterocycles. The first-order valence-corrected chi connectivity index (χ1v) is 11.5. The first kappa shape index (κ1) is 20.7. The van der Waals surface area contributed by atoms with Gasteiger partial charge in [-0.05, 0) is 47.5 Å². The lowest BCUT2D eigenvalue weighted by Crippen LogP contribution is -2.12. The molecule has 4 rings (SSSR count). The molecule has 4 nitrogen and oxygen atoms in total. The average Bonchev–Trinajstić information content (AvgIpc) is 3.17. The van der Waals surface area contributed by atoms with Gasteiger partial charge in [0.05, 0.1) is 0 Å². The lowest BCUT2D eigenvalue weighted by atomic mass is 10.1. The number of benzene rings is 3. The zero-order valence-electron chi connectivity index (χ0n) is 16.7. The van der Waals surface area contributed by atoms with Crippen molar-refractivity contribution in [1.82, 2.24) is 14.8 Å². The second-order valence-corrected chi connectivity index (χ2v) is 8.74. The molecule has 1 unspecified atom stereocenters. The molecule has 0 saturated carbocycles. The second kappa shape index (κ2) is 9.49. The molecule has 6 heteroatoms. The third kappa shape index (κ3) is 4.60. The van der Waals surface area contributed by atoms with E-state index < -0.39 is 0 Å². The maximum absolute atomic E-state index is 6.09. The SMILES string of the molecule is C=CCn1c(SCc2cccc3ccccc23)nnc1C(C)Oc1ccc(Br)cc1. The van der Waals surface area contributed by atoms with Crippen LogP contribution < -0.4 is 4.74 Å². The molecule has 0 N–H and O–H groups in total. The highest BCUT2D eigenvalue weighted by Gasteiger charge is 2.19. The van der Waals surface area contributed by atoms with E-state index in [0.717, 1.165) is 27.0 Å². The monoisotopic (exact) mass is 479 g/mol. The van der Waals surface area contributed by atoms with Gasteiger partial charge >= 0.3 is 0 Å². The number of thioether (sulfide) groups is 1. The fraction of sp³-hybridized carbons (Fsp3) is 0.167. The number of hydrogen-bond donors (Lipinski definition) is 0. The molecule has 152 valence electrons. The number of rotatable bonds is 8. The molecule has 3 aromatic carbocycles. The van der Waals surface area contributed by atoms with Crippen LogP contribution in [0.25, 0.3) is 10.8 Å².